The first-order valence-corrected chi connectivity index (χ1v) is 6.88. The first kappa shape index (κ1) is 13.3. The van der Waals surface area contributed by atoms with Gasteiger partial charge in [-0.1, -0.05) is 0 Å². The van der Waals surface area contributed by atoms with Crippen LogP contribution in [0.1, 0.15) is 0 Å². The minimum absolute atomic E-state index is 0.107. The molecule has 1 atom stereocenters. The first-order chi connectivity index (χ1) is 8.43. The molecule has 8 heteroatoms. The Morgan fingerprint density at radius 3 is 2.72 bits per heavy atom. The second kappa shape index (κ2) is 4.88. The van der Waals surface area contributed by atoms with Crippen molar-refractivity contribution in [1.82, 2.24) is 10.3 Å². The van der Waals surface area contributed by atoms with E-state index in [0.29, 0.717) is 19.2 Å². The van der Waals surface area contributed by atoms with Crippen molar-refractivity contribution in [2.75, 3.05) is 19.6 Å². The highest BCUT2D eigenvalue weighted by Gasteiger charge is 2.35. The molecule has 5 nitrogen and oxygen atoms in total. The highest BCUT2D eigenvalue weighted by molar-refractivity contribution is 7.92. The Labute approximate surface area is 103 Å². The monoisotopic (exact) mass is 277 g/mol. The molecular weight excluding hydrogens is 264 g/mol. The Kier molecular flexibility index (Phi) is 3.62. The summed E-state index contributed by atoms with van der Waals surface area (Å²) >= 11 is 0. The van der Waals surface area contributed by atoms with Crippen LogP contribution in [0.25, 0.3) is 0 Å². The smallest absolute Gasteiger partial charge is 0.199 e. The number of piperazine rings is 1. The number of nitrogens with one attached hydrogen (secondary N) is 1. The van der Waals surface area contributed by atoms with E-state index in [-0.39, 0.29) is 6.54 Å². The third-order valence-electron chi connectivity index (χ3n) is 2.79. The van der Waals surface area contributed by atoms with E-state index in [1.165, 1.54) is 0 Å². The summed E-state index contributed by atoms with van der Waals surface area (Å²) in [5, 5.41) is 2.97. The Bertz CT molecular complexity index is 550. The molecule has 0 radical (unpaired) electrons. The van der Waals surface area contributed by atoms with Crippen molar-refractivity contribution in [1.29, 1.82) is 0 Å². The lowest BCUT2D eigenvalue weighted by Gasteiger charge is -2.31. The van der Waals surface area contributed by atoms with Gasteiger partial charge in [0.15, 0.2) is 9.84 Å². The maximum Gasteiger partial charge on any atom is 0.199 e. The molecule has 18 heavy (non-hydrogen) atoms. The maximum absolute atomic E-state index is 13.5. The van der Waals surface area contributed by atoms with Crippen LogP contribution < -0.4 is 11.2 Å². The molecule has 0 aromatic heterocycles. The minimum Gasteiger partial charge on any atom is -0.313 e. The van der Waals surface area contributed by atoms with Crippen LogP contribution in [0.3, 0.4) is 0 Å². The standard InChI is InChI=1S/C10H13F2N3O2S/c11-7-1-2-9(8(12)5-7)18(16,17)10-6-14-3-4-15(10)13/h1-2,5,10,14H,3-4,6,13H2. The van der Waals surface area contributed by atoms with E-state index in [1.54, 1.807) is 0 Å². The fraction of sp³-hybridized carbons (Fsp3) is 0.400. The minimum atomic E-state index is -3.96. The van der Waals surface area contributed by atoms with Crippen LogP contribution in [-0.2, 0) is 9.84 Å². The number of hydrogen-bond donors (Lipinski definition) is 2. The van der Waals surface area contributed by atoms with E-state index in [1.807, 2.05) is 0 Å². The number of hydrogen-bond acceptors (Lipinski definition) is 5. The molecule has 0 spiro atoms. The molecule has 1 aliphatic rings. The third kappa shape index (κ3) is 2.37. The van der Waals surface area contributed by atoms with E-state index in [0.717, 1.165) is 17.1 Å². The average Bonchev–Trinajstić information content (AvgIpc) is 2.28. The van der Waals surface area contributed by atoms with Gasteiger partial charge >= 0.3 is 0 Å². The number of halogens is 2. The van der Waals surface area contributed by atoms with Crippen molar-refractivity contribution in [2.45, 2.75) is 10.3 Å². The van der Waals surface area contributed by atoms with Crippen LogP contribution in [0, 0.1) is 11.6 Å². The zero-order valence-electron chi connectivity index (χ0n) is 9.44. The fourth-order valence-electron chi connectivity index (χ4n) is 1.84. The van der Waals surface area contributed by atoms with E-state index < -0.39 is 31.7 Å². The van der Waals surface area contributed by atoms with Crippen LogP contribution in [0.4, 0.5) is 8.78 Å². The topological polar surface area (TPSA) is 75.4 Å². The number of nitrogens with two attached hydrogens (primary N) is 1. The van der Waals surface area contributed by atoms with Gasteiger partial charge in [0.1, 0.15) is 21.9 Å². The average molecular weight is 277 g/mol. The van der Waals surface area contributed by atoms with E-state index >= 15 is 0 Å². The second-order valence-electron chi connectivity index (χ2n) is 4.02. The molecule has 1 aromatic carbocycles. The SMILES string of the molecule is NN1CCNCC1S(=O)(=O)c1ccc(F)cc1F. The van der Waals surface area contributed by atoms with Gasteiger partial charge in [0.05, 0.1) is 0 Å². The summed E-state index contributed by atoms with van der Waals surface area (Å²) in [6.07, 6.45) is 0. The predicted octanol–water partition coefficient (Wildman–Crippen LogP) is -0.156. The molecule has 1 aliphatic heterocycles. The molecular formula is C10H13F2N3O2S. The van der Waals surface area contributed by atoms with Crippen LogP contribution in [-0.4, -0.2) is 38.4 Å². The summed E-state index contributed by atoms with van der Waals surface area (Å²) in [6.45, 7) is 1.01. The summed E-state index contributed by atoms with van der Waals surface area (Å²) in [6, 6.07) is 2.37. The molecule has 2 rings (SSSR count). The van der Waals surface area contributed by atoms with Crippen LogP contribution in [0.5, 0.6) is 0 Å². The quantitative estimate of drug-likeness (QED) is 0.580. The van der Waals surface area contributed by atoms with Crippen molar-refractivity contribution in [3.8, 4) is 0 Å². The highest BCUT2D eigenvalue weighted by Crippen LogP contribution is 2.22. The van der Waals surface area contributed by atoms with Gasteiger partial charge in [-0.3, -0.25) is 5.84 Å². The molecule has 0 saturated carbocycles. The first-order valence-electron chi connectivity index (χ1n) is 5.34. The van der Waals surface area contributed by atoms with Gasteiger partial charge in [0.2, 0.25) is 0 Å². The number of nitrogens with zero attached hydrogens (tertiary/aromatic N) is 1. The summed E-state index contributed by atoms with van der Waals surface area (Å²) < 4.78 is 50.7. The van der Waals surface area contributed by atoms with Crippen LogP contribution >= 0.6 is 0 Å². The number of rotatable bonds is 2. The van der Waals surface area contributed by atoms with Gasteiger partial charge in [-0.2, -0.15) is 0 Å². The molecule has 1 saturated heterocycles. The zero-order valence-corrected chi connectivity index (χ0v) is 10.3. The molecule has 1 heterocycles. The molecule has 1 aromatic rings. The Morgan fingerprint density at radius 2 is 2.11 bits per heavy atom. The van der Waals surface area contributed by atoms with Crippen molar-refractivity contribution < 1.29 is 17.2 Å². The summed E-state index contributed by atoms with van der Waals surface area (Å²) in [5.41, 5.74) is 0. The lowest BCUT2D eigenvalue weighted by Crippen LogP contribution is -2.57. The molecule has 3 N–H and O–H groups in total. The van der Waals surface area contributed by atoms with Crippen LogP contribution in [0.15, 0.2) is 23.1 Å². The van der Waals surface area contributed by atoms with Crippen molar-refractivity contribution >= 4 is 9.84 Å². The maximum atomic E-state index is 13.5. The third-order valence-corrected chi connectivity index (χ3v) is 4.89. The van der Waals surface area contributed by atoms with Gasteiger partial charge in [0, 0.05) is 25.7 Å². The number of hydrazine groups is 1. The van der Waals surface area contributed by atoms with Gasteiger partial charge in [-0.25, -0.2) is 22.2 Å². The van der Waals surface area contributed by atoms with Gasteiger partial charge in [-0.05, 0) is 12.1 Å². The van der Waals surface area contributed by atoms with Crippen molar-refractivity contribution in [2.24, 2.45) is 5.84 Å². The number of benzene rings is 1. The normalized spacial score (nSPS) is 22.1. The van der Waals surface area contributed by atoms with Gasteiger partial charge in [-0.15, -0.1) is 0 Å². The molecule has 1 fully saturated rings. The van der Waals surface area contributed by atoms with Gasteiger partial charge in [0.25, 0.3) is 0 Å². The molecule has 0 bridgehead atoms. The lowest BCUT2D eigenvalue weighted by atomic mass is 10.3. The summed E-state index contributed by atoms with van der Waals surface area (Å²) in [7, 11) is -3.96. The van der Waals surface area contributed by atoms with Crippen molar-refractivity contribution in [3.05, 3.63) is 29.8 Å². The van der Waals surface area contributed by atoms with E-state index in [4.69, 9.17) is 5.84 Å². The highest BCUT2D eigenvalue weighted by atomic mass is 32.2. The lowest BCUT2D eigenvalue weighted by molar-refractivity contribution is 0.215. The Hall–Kier alpha value is -1.09. The fourth-order valence-corrected chi connectivity index (χ4v) is 3.52. The second-order valence-corrected chi connectivity index (χ2v) is 6.09. The largest absolute Gasteiger partial charge is 0.313 e. The Morgan fingerprint density at radius 1 is 1.39 bits per heavy atom. The molecule has 1 unspecified atom stereocenters. The van der Waals surface area contributed by atoms with E-state index in [2.05, 4.69) is 5.32 Å². The van der Waals surface area contributed by atoms with Crippen molar-refractivity contribution in [3.63, 3.8) is 0 Å². The number of sulfone groups is 1. The molecule has 0 aliphatic carbocycles. The van der Waals surface area contributed by atoms with Crippen LogP contribution in [0.2, 0.25) is 0 Å². The predicted molar refractivity (Wildman–Crippen MR) is 61.1 cm³/mol. The summed E-state index contributed by atoms with van der Waals surface area (Å²) in [5.74, 6) is 3.68. The zero-order chi connectivity index (χ0) is 13.3. The Balaban J connectivity index is 2.41. The van der Waals surface area contributed by atoms with E-state index in [9.17, 15) is 17.2 Å². The summed E-state index contributed by atoms with van der Waals surface area (Å²) in [4.78, 5) is -0.534. The molecule has 100 valence electrons. The van der Waals surface area contributed by atoms with Gasteiger partial charge < -0.3 is 5.32 Å². The molecule has 0 amide bonds.